The molecule has 8 nitrogen and oxygen atoms in total. The van der Waals surface area contributed by atoms with Crippen molar-refractivity contribution in [1.29, 1.82) is 0 Å². The topological polar surface area (TPSA) is 99.3 Å². The summed E-state index contributed by atoms with van der Waals surface area (Å²) in [4.78, 5) is 22.8. The summed E-state index contributed by atoms with van der Waals surface area (Å²) in [5.41, 5.74) is 2.08. The van der Waals surface area contributed by atoms with Gasteiger partial charge in [-0.2, -0.15) is 5.10 Å². The molecule has 0 aliphatic heterocycles. The second-order valence-corrected chi connectivity index (χ2v) is 8.12. The molecule has 0 spiro atoms. The molecule has 1 amide bonds. The molecule has 0 saturated heterocycles. The van der Waals surface area contributed by atoms with Gasteiger partial charge in [0.05, 0.1) is 16.5 Å². The molecular formula is C24H18Cl2N4O4. The van der Waals surface area contributed by atoms with Crippen molar-refractivity contribution in [2.75, 3.05) is 5.32 Å². The predicted octanol–water partition coefficient (Wildman–Crippen LogP) is 5.98. The second kappa shape index (κ2) is 10.4. The highest BCUT2D eigenvalue weighted by Crippen LogP contribution is 2.29. The summed E-state index contributed by atoms with van der Waals surface area (Å²) in [6.07, 6.45) is 1.77. The zero-order valence-corrected chi connectivity index (χ0v) is 19.2. The normalized spacial score (nSPS) is 10.6. The SMILES string of the molecule is O=C(Nc1ccn(Cc2ccccc2Cl)n1)c1ccc(COc2ccc([N+](=O)[O-])cc2Cl)cc1. The summed E-state index contributed by atoms with van der Waals surface area (Å²) in [5, 5.41) is 18.7. The molecule has 0 unspecified atom stereocenters. The van der Waals surface area contributed by atoms with Crippen LogP contribution in [0.5, 0.6) is 5.75 Å². The molecule has 10 heteroatoms. The Kier molecular flexibility index (Phi) is 7.10. The molecule has 0 bridgehead atoms. The predicted molar refractivity (Wildman–Crippen MR) is 130 cm³/mol. The summed E-state index contributed by atoms with van der Waals surface area (Å²) in [5.74, 6) is 0.465. The molecule has 4 aromatic rings. The molecule has 0 fully saturated rings. The average molecular weight is 497 g/mol. The van der Waals surface area contributed by atoms with Gasteiger partial charge in [0.1, 0.15) is 12.4 Å². The fraction of sp³-hybridized carbons (Fsp3) is 0.0833. The van der Waals surface area contributed by atoms with Crippen molar-refractivity contribution >= 4 is 40.6 Å². The van der Waals surface area contributed by atoms with Crippen molar-refractivity contribution in [3.05, 3.63) is 116 Å². The van der Waals surface area contributed by atoms with E-state index in [9.17, 15) is 14.9 Å². The molecule has 34 heavy (non-hydrogen) atoms. The van der Waals surface area contributed by atoms with Gasteiger partial charge in [-0.1, -0.05) is 53.5 Å². The maximum atomic E-state index is 12.6. The number of rotatable bonds is 8. The van der Waals surface area contributed by atoms with E-state index in [1.54, 1.807) is 41.2 Å². The number of carbonyl (C=O) groups excluding carboxylic acids is 1. The van der Waals surface area contributed by atoms with E-state index in [2.05, 4.69) is 10.4 Å². The number of hydrogen-bond donors (Lipinski definition) is 1. The average Bonchev–Trinajstić information content (AvgIpc) is 3.26. The van der Waals surface area contributed by atoms with E-state index >= 15 is 0 Å². The molecule has 0 saturated carbocycles. The van der Waals surface area contributed by atoms with Gasteiger partial charge in [0.15, 0.2) is 5.82 Å². The van der Waals surface area contributed by atoms with Gasteiger partial charge in [0.2, 0.25) is 0 Å². The van der Waals surface area contributed by atoms with Crippen molar-refractivity contribution in [3.63, 3.8) is 0 Å². The molecule has 0 aliphatic rings. The van der Waals surface area contributed by atoms with Crippen LogP contribution in [0.15, 0.2) is 79.0 Å². The maximum Gasteiger partial charge on any atom is 0.271 e. The lowest BCUT2D eigenvalue weighted by atomic mass is 10.1. The minimum atomic E-state index is -0.525. The number of amides is 1. The fourth-order valence-corrected chi connectivity index (χ4v) is 3.56. The number of nitro benzene ring substituents is 1. The first-order valence-corrected chi connectivity index (χ1v) is 10.9. The number of nitrogens with zero attached hydrogens (tertiary/aromatic N) is 3. The van der Waals surface area contributed by atoms with Gasteiger partial charge >= 0.3 is 0 Å². The van der Waals surface area contributed by atoms with Crippen LogP contribution in [0.1, 0.15) is 21.5 Å². The summed E-state index contributed by atoms with van der Waals surface area (Å²) in [6.45, 7) is 0.675. The molecular weight excluding hydrogens is 479 g/mol. The lowest BCUT2D eigenvalue weighted by molar-refractivity contribution is -0.384. The Hall–Kier alpha value is -3.88. The Labute approximate surface area is 204 Å². The van der Waals surface area contributed by atoms with Crippen LogP contribution in [0, 0.1) is 10.1 Å². The quantitative estimate of drug-likeness (QED) is 0.239. The van der Waals surface area contributed by atoms with E-state index in [0.717, 1.165) is 11.1 Å². The molecule has 172 valence electrons. The zero-order valence-electron chi connectivity index (χ0n) is 17.7. The summed E-state index contributed by atoms with van der Waals surface area (Å²) in [7, 11) is 0. The molecule has 0 atom stereocenters. The number of non-ortho nitro benzene ring substituents is 1. The van der Waals surface area contributed by atoms with Crippen LogP contribution in [-0.4, -0.2) is 20.6 Å². The van der Waals surface area contributed by atoms with Gasteiger partial charge in [0.25, 0.3) is 11.6 Å². The van der Waals surface area contributed by atoms with Crippen LogP contribution in [0.25, 0.3) is 0 Å². The van der Waals surface area contributed by atoms with Crippen LogP contribution in [-0.2, 0) is 13.2 Å². The number of carbonyl (C=O) groups is 1. The van der Waals surface area contributed by atoms with E-state index in [1.165, 1.54) is 18.2 Å². The van der Waals surface area contributed by atoms with Crippen LogP contribution in [0.4, 0.5) is 11.5 Å². The van der Waals surface area contributed by atoms with Crippen LogP contribution >= 0.6 is 23.2 Å². The molecule has 1 N–H and O–H groups in total. The molecule has 3 aromatic carbocycles. The van der Waals surface area contributed by atoms with E-state index in [-0.39, 0.29) is 23.2 Å². The molecule has 0 aliphatic carbocycles. The van der Waals surface area contributed by atoms with Gasteiger partial charge < -0.3 is 10.1 Å². The third-order valence-electron chi connectivity index (χ3n) is 4.91. The highest BCUT2D eigenvalue weighted by Gasteiger charge is 2.12. The van der Waals surface area contributed by atoms with Crippen molar-refractivity contribution in [2.45, 2.75) is 13.2 Å². The van der Waals surface area contributed by atoms with Crippen molar-refractivity contribution in [2.24, 2.45) is 0 Å². The van der Waals surface area contributed by atoms with Crippen molar-refractivity contribution < 1.29 is 14.5 Å². The number of aromatic nitrogens is 2. The Morgan fingerprint density at radius 3 is 2.50 bits per heavy atom. The second-order valence-electron chi connectivity index (χ2n) is 7.30. The Morgan fingerprint density at radius 2 is 1.79 bits per heavy atom. The fourth-order valence-electron chi connectivity index (χ4n) is 3.14. The van der Waals surface area contributed by atoms with Crippen LogP contribution in [0.2, 0.25) is 10.0 Å². The smallest absolute Gasteiger partial charge is 0.271 e. The Morgan fingerprint density at radius 1 is 1.03 bits per heavy atom. The summed E-state index contributed by atoms with van der Waals surface area (Å²) < 4.78 is 7.33. The first-order valence-electron chi connectivity index (χ1n) is 10.1. The van der Waals surface area contributed by atoms with Gasteiger partial charge in [-0.15, -0.1) is 0 Å². The minimum absolute atomic E-state index is 0.110. The number of nitrogens with one attached hydrogen (secondary N) is 1. The van der Waals surface area contributed by atoms with Gasteiger partial charge in [-0.25, -0.2) is 0 Å². The zero-order chi connectivity index (χ0) is 24.1. The standard InChI is InChI=1S/C24H18Cl2N4O4/c25-20-4-2-1-3-18(20)14-29-12-11-23(28-29)27-24(31)17-7-5-16(6-8-17)15-34-22-10-9-19(30(32)33)13-21(22)26/h1-13H,14-15H2,(H,27,28,31). The number of hydrogen-bond acceptors (Lipinski definition) is 5. The molecule has 1 heterocycles. The lowest BCUT2D eigenvalue weighted by Gasteiger charge is -2.09. The van der Waals surface area contributed by atoms with Crippen molar-refractivity contribution in [3.8, 4) is 5.75 Å². The molecule has 0 radical (unpaired) electrons. The maximum absolute atomic E-state index is 12.6. The van der Waals surface area contributed by atoms with E-state index in [1.807, 2.05) is 24.3 Å². The van der Waals surface area contributed by atoms with Crippen LogP contribution in [0.3, 0.4) is 0 Å². The number of anilines is 1. The number of halogens is 2. The molecule has 4 rings (SSSR count). The van der Waals surface area contributed by atoms with Crippen molar-refractivity contribution in [1.82, 2.24) is 9.78 Å². The summed E-state index contributed by atoms with van der Waals surface area (Å²) >= 11 is 12.2. The van der Waals surface area contributed by atoms with Crippen LogP contribution < -0.4 is 10.1 Å². The first-order chi connectivity index (χ1) is 16.4. The largest absolute Gasteiger partial charge is 0.487 e. The minimum Gasteiger partial charge on any atom is -0.487 e. The van der Waals surface area contributed by atoms with E-state index in [4.69, 9.17) is 27.9 Å². The third kappa shape index (κ3) is 5.72. The number of benzene rings is 3. The van der Waals surface area contributed by atoms with Gasteiger partial charge in [-0.05, 0) is 35.4 Å². The highest BCUT2D eigenvalue weighted by atomic mass is 35.5. The van der Waals surface area contributed by atoms with Gasteiger partial charge in [0, 0.05) is 35.0 Å². The lowest BCUT2D eigenvalue weighted by Crippen LogP contribution is -2.13. The van der Waals surface area contributed by atoms with E-state index in [0.29, 0.717) is 28.7 Å². The third-order valence-corrected chi connectivity index (χ3v) is 5.57. The molecule has 1 aromatic heterocycles. The van der Waals surface area contributed by atoms with E-state index < -0.39 is 4.92 Å². The first kappa shape index (κ1) is 23.3. The highest BCUT2D eigenvalue weighted by molar-refractivity contribution is 6.32. The Bertz CT molecular complexity index is 1340. The number of ether oxygens (including phenoxy) is 1. The Balaban J connectivity index is 1.33. The number of nitro groups is 1. The van der Waals surface area contributed by atoms with Gasteiger partial charge in [-0.3, -0.25) is 19.6 Å². The summed E-state index contributed by atoms with van der Waals surface area (Å²) in [6, 6.07) is 20.1. The monoisotopic (exact) mass is 496 g/mol.